The SMILES string of the molecule is CCC1(NC(=O)N2CC(OC(c3ccc(Br)cc3)c3ccc(Br)cc3)C2)CC2CCC(C2)C1. The van der Waals surface area contributed by atoms with Gasteiger partial charge in [-0.25, -0.2) is 4.79 Å². The minimum atomic E-state index is -0.155. The van der Waals surface area contributed by atoms with Crippen LogP contribution in [0.1, 0.15) is 62.7 Å². The van der Waals surface area contributed by atoms with Crippen LogP contribution in [0.2, 0.25) is 0 Å². The predicted molar refractivity (Wildman–Crippen MR) is 138 cm³/mol. The lowest BCUT2D eigenvalue weighted by atomic mass is 9.73. The number of amides is 2. The van der Waals surface area contributed by atoms with Gasteiger partial charge in [-0.15, -0.1) is 0 Å². The zero-order chi connectivity index (χ0) is 23.0. The first-order valence-corrected chi connectivity index (χ1v) is 13.7. The van der Waals surface area contributed by atoms with Gasteiger partial charge >= 0.3 is 6.03 Å². The fourth-order valence-corrected chi connectivity index (χ4v) is 6.56. The van der Waals surface area contributed by atoms with Gasteiger partial charge in [0.1, 0.15) is 6.10 Å². The van der Waals surface area contributed by atoms with Gasteiger partial charge in [-0.05, 0) is 72.9 Å². The normalized spacial score (nSPS) is 27.0. The van der Waals surface area contributed by atoms with Crippen molar-refractivity contribution in [2.24, 2.45) is 11.8 Å². The Labute approximate surface area is 213 Å². The van der Waals surface area contributed by atoms with Crippen molar-refractivity contribution in [2.75, 3.05) is 13.1 Å². The number of hydrogen-bond acceptors (Lipinski definition) is 2. The second-order valence-electron chi connectivity index (χ2n) is 10.2. The first kappa shape index (κ1) is 23.4. The third-order valence-electron chi connectivity index (χ3n) is 7.87. The molecule has 1 N–H and O–H groups in total. The molecule has 0 spiro atoms. The summed E-state index contributed by atoms with van der Waals surface area (Å²) < 4.78 is 8.65. The van der Waals surface area contributed by atoms with Crippen LogP contribution in [0.4, 0.5) is 4.79 Å². The van der Waals surface area contributed by atoms with Crippen LogP contribution in [0.5, 0.6) is 0 Å². The molecule has 2 amide bonds. The first-order valence-electron chi connectivity index (χ1n) is 12.2. The molecule has 4 nitrogen and oxygen atoms in total. The molecule has 0 radical (unpaired) electrons. The number of ether oxygens (including phenoxy) is 1. The molecule has 1 aliphatic heterocycles. The van der Waals surface area contributed by atoms with Gasteiger partial charge in [-0.3, -0.25) is 0 Å². The van der Waals surface area contributed by atoms with Gasteiger partial charge in [0.2, 0.25) is 0 Å². The largest absolute Gasteiger partial charge is 0.362 e. The Morgan fingerprint density at radius 1 is 1.00 bits per heavy atom. The maximum atomic E-state index is 13.1. The molecule has 2 atom stereocenters. The molecule has 2 aromatic rings. The summed E-state index contributed by atoms with van der Waals surface area (Å²) in [6.45, 7) is 3.51. The molecule has 3 fully saturated rings. The molecule has 2 bridgehead atoms. The Bertz CT molecular complexity index is 915. The molecule has 2 unspecified atom stereocenters. The quantitative estimate of drug-likeness (QED) is 0.400. The van der Waals surface area contributed by atoms with Crippen LogP contribution in [0, 0.1) is 11.8 Å². The summed E-state index contributed by atoms with van der Waals surface area (Å²) in [5.41, 5.74) is 2.22. The topological polar surface area (TPSA) is 41.6 Å². The fraction of sp³-hybridized carbons (Fsp3) is 0.519. The monoisotopic (exact) mass is 574 g/mol. The zero-order valence-electron chi connectivity index (χ0n) is 19.1. The van der Waals surface area contributed by atoms with Crippen LogP contribution in [0.3, 0.4) is 0 Å². The summed E-state index contributed by atoms with van der Waals surface area (Å²) >= 11 is 7.05. The standard InChI is InChI=1S/C27H32Br2N2O2/c1-2-27(14-18-3-4-19(13-18)15-27)30-26(32)31-16-24(17-31)33-25(20-5-9-22(28)10-6-20)21-7-11-23(29)12-8-21/h5-12,18-19,24-25H,2-4,13-17H2,1H3,(H,30,32). The number of nitrogens with one attached hydrogen (secondary N) is 1. The summed E-state index contributed by atoms with van der Waals surface area (Å²) in [4.78, 5) is 15.0. The maximum Gasteiger partial charge on any atom is 0.318 e. The highest BCUT2D eigenvalue weighted by Gasteiger charge is 2.45. The summed E-state index contributed by atoms with van der Waals surface area (Å²) in [5, 5.41) is 3.46. The van der Waals surface area contributed by atoms with Crippen molar-refractivity contribution in [2.45, 2.75) is 63.2 Å². The Morgan fingerprint density at radius 2 is 1.52 bits per heavy atom. The third-order valence-corrected chi connectivity index (χ3v) is 8.92. The number of likely N-dealkylation sites (tertiary alicyclic amines) is 1. The average molecular weight is 576 g/mol. The van der Waals surface area contributed by atoms with Gasteiger partial charge in [-0.2, -0.15) is 0 Å². The van der Waals surface area contributed by atoms with E-state index < -0.39 is 0 Å². The molecule has 1 heterocycles. The molecule has 5 rings (SSSR count). The van der Waals surface area contributed by atoms with Crippen molar-refractivity contribution in [1.82, 2.24) is 10.2 Å². The van der Waals surface area contributed by atoms with Crippen LogP contribution in [-0.2, 0) is 4.74 Å². The zero-order valence-corrected chi connectivity index (χ0v) is 22.3. The van der Waals surface area contributed by atoms with Crippen molar-refractivity contribution in [3.63, 3.8) is 0 Å². The van der Waals surface area contributed by atoms with Crippen LogP contribution in [-0.4, -0.2) is 35.7 Å². The van der Waals surface area contributed by atoms with E-state index in [9.17, 15) is 4.79 Å². The summed E-state index contributed by atoms with van der Waals surface area (Å²) in [5.74, 6) is 1.60. The molecule has 2 aliphatic carbocycles. The van der Waals surface area contributed by atoms with Crippen molar-refractivity contribution in [3.05, 3.63) is 68.6 Å². The fourth-order valence-electron chi connectivity index (χ4n) is 6.03. The van der Waals surface area contributed by atoms with Crippen molar-refractivity contribution in [3.8, 4) is 0 Å². The molecule has 3 aliphatic rings. The van der Waals surface area contributed by atoms with Crippen LogP contribution in [0.25, 0.3) is 0 Å². The van der Waals surface area contributed by atoms with E-state index in [1.807, 2.05) is 29.2 Å². The van der Waals surface area contributed by atoms with Crippen LogP contribution < -0.4 is 5.32 Å². The number of hydrogen-bond donors (Lipinski definition) is 1. The first-order chi connectivity index (χ1) is 15.9. The Morgan fingerprint density at radius 3 is 2.00 bits per heavy atom. The van der Waals surface area contributed by atoms with Crippen molar-refractivity contribution >= 4 is 37.9 Å². The Hall–Kier alpha value is -1.37. The highest BCUT2D eigenvalue weighted by Crippen LogP contribution is 2.47. The van der Waals surface area contributed by atoms with Gasteiger partial charge in [0.25, 0.3) is 0 Å². The maximum absolute atomic E-state index is 13.1. The highest BCUT2D eigenvalue weighted by atomic mass is 79.9. The van der Waals surface area contributed by atoms with Gasteiger partial charge in [0.05, 0.1) is 19.2 Å². The number of halogens is 2. The molecule has 2 saturated carbocycles. The molecular weight excluding hydrogens is 544 g/mol. The van der Waals surface area contributed by atoms with E-state index in [0.29, 0.717) is 13.1 Å². The lowest BCUT2D eigenvalue weighted by molar-refractivity contribution is -0.0658. The van der Waals surface area contributed by atoms with Crippen LogP contribution >= 0.6 is 31.9 Å². The summed E-state index contributed by atoms with van der Waals surface area (Å²) in [6, 6.07) is 16.7. The van der Waals surface area contributed by atoms with E-state index in [-0.39, 0.29) is 23.8 Å². The van der Waals surface area contributed by atoms with E-state index in [4.69, 9.17) is 4.74 Å². The number of urea groups is 1. The van der Waals surface area contributed by atoms with E-state index in [1.165, 1.54) is 19.3 Å². The predicted octanol–water partition coefficient (Wildman–Crippen LogP) is 7.07. The van der Waals surface area contributed by atoms with Gasteiger partial charge in [0.15, 0.2) is 0 Å². The Kier molecular flexibility index (Phi) is 6.88. The molecule has 33 heavy (non-hydrogen) atoms. The molecule has 176 valence electrons. The lowest BCUT2D eigenvalue weighted by Gasteiger charge is -2.45. The van der Waals surface area contributed by atoms with E-state index in [0.717, 1.165) is 51.2 Å². The van der Waals surface area contributed by atoms with Crippen LogP contribution in [0.15, 0.2) is 57.5 Å². The number of rotatable bonds is 6. The second kappa shape index (κ2) is 9.71. The molecule has 6 heteroatoms. The summed E-state index contributed by atoms with van der Waals surface area (Å²) in [6.07, 6.45) is 7.25. The van der Waals surface area contributed by atoms with E-state index >= 15 is 0 Å². The van der Waals surface area contributed by atoms with E-state index in [1.54, 1.807) is 0 Å². The number of nitrogens with zero attached hydrogens (tertiary/aromatic N) is 1. The number of benzene rings is 2. The van der Waals surface area contributed by atoms with E-state index in [2.05, 4.69) is 68.4 Å². The molecule has 1 saturated heterocycles. The number of fused-ring (bicyclic) bond motifs is 2. The van der Waals surface area contributed by atoms with Gasteiger partial charge in [-0.1, -0.05) is 75.9 Å². The Balaban J connectivity index is 1.22. The minimum Gasteiger partial charge on any atom is -0.362 e. The third kappa shape index (κ3) is 5.18. The minimum absolute atomic E-state index is 0.00943. The number of carbonyl (C=O) groups is 1. The lowest BCUT2D eigenvalue weighted by Crippen LogP contribution is -2.62. The van der Waals surface area contributed by atoms with Gasteiger partial charge < -0.3 is 15.0 Å². The molecule has 0 aromatic heterocycles. The second-order valence-corrected chi connectivity index (χ2v) is 12.0. The van der Waals surface area contributed by atoms with Crippen molar-refractivity contribution in [1.29, 1.82) is 0 Å². The molecular formula is C27H32Br2N2O2. The summed E-state index contributed by atoms with van der Waals surface area (Å²) in [7, 11) is 0. The smallest absolute Gasteiger partial charge is 0.318 e. The van der Waals surface area contributed by atoms with Gasteiger partial charge in [0, 0.05) is 14.5 Å². The molecule has 2 aromatic carbocycles. The average Bonchev–Trinajstić information content (AvgIpc) is 3.13. The van der Waals surface area contributed by atoms with Crippen molar-refractivity contribution < 1.29 is 9.53 Å². The highest BCUT2D eigenvalue weighted by molar-refractivity contribution is 9.10. The number of carbonyl (C=O) groups excluding carboxylic acids is 1.